The number of hydrogen-bond acceptors (Lipinski definition) is 5. The van der Waals surface area contributed by atoms with Crippen LogP contribution in [0.25, 0.3) is 0 Å². The van der Waals surface area contributed by atoms with Crippen LogP contribution in [-0.2, 0) is 4.74 Å². The molecule has 1 fully saturated rings. The fourth-order valence-electron chi connectivity index (χ4n) is 2.21. The van der Waals surface area contributed by atoms with Crippen molar-refractivity contribution >= 4 is 12.1 Å². The molecule has 1 aromatic rings. The van der Waals surface area contributed by atoms with Gasteiger partial charge in [0.15, 0.2) is 0 Å². The smallest absolute Gasteiger partial charge is 0.410 e. The number of carboxylic acid groups (broad SMARTS) is 1. The van der Waals surface area contributed by atoms with Crippen molar-refractivity contribution in [3.8, 4) is 5.88 Å². The van der Waals surface area contributed by atoms with Gasteiger partial charge in [-0.25, -0.2) is 14.6 Å². The van der Waals surface area contributed by atoms with Crippen LogP contribution in [0, 0.1) is 0 Å². The summed E-state index contributed by atoms with van der Waals surface area (Å²) in [5.74, 6) is -0.721. The van der Waals surface area contributed by atoms with E-state index in [2.05, 4.69) is 4.98 Å². The summed E-state index contributed by atoms with van der Waals surface area (Å²) >= 11 is 0. The molecule has 0 bridgehead atoms. The minimum Gasteiger partial charge on any atom is -0.478 e. The van der Waals surface area contributed by atoms with Crippen LogP contribution in [0.4, 0.5) is 4.79 Å². The van der Waals surface area contributed by atoms with Gasteiger partial charge in [-0.2, -0.15) is 0 Å². The molecular formula is C15H20N2O5. The fraction of sp³-hybridized carbons (Fsp3) is 0.533. The van der Waals surface area contributed by atoms with Gasteiger partial charge in [-0.15, -0.1) is 0 Å². The molecule has 1 N–H and O–H groups in total. The van der Waals surface area contributed by atoms with Gasteiger partial charge in [0.25, 0.3) is 0 Å². The van der Waals surface area contributed by atoms with Gasteiger partial charge >= 0.3 is 12.1 Å². The van der Waals surface area contributed by atoms with Gasteiger partial charge in [0.2, 0.25) is 5.88 Å². The molecule has 0 spiro atoms. The Kier molecular flexibility index (Phi) is 5.19. The lowest BCUT2D eigenvalue weighted by Crippen LogP contribution is -2.42. The first kappa shape index (κ1) is 16.1. The molecule has 0 radical (unpaired) electrons. The lowest BCUT2D eigenvalue weighted by molar-refractivity contribution is 0.0504. The van der Waals surface area contributed by atoms with Crippen LogP contribution in [0.3, 0.4) is 0 Å². The molecule has 0 saturated carbocycles. The highest BCUT2D eigenvalue weighted by Crippen LogP contribution is 2.19. The standard InChI is InChI=1S/C15H20N2O5/c1-10(2)21-15(20)17-7-4-12(5-8-17)22-13-9-11(14(18)19)3-6-16-13/h3,6,9-10,12H,4-5,7-8H2,1-2H3,(H,18,19). The van der Waals surface area contributed by atoms with Crippen molar-refractivity contribution in [1.29, 1.82) is 0 Å². The number of likely N-dealkylation sites (tertiary alicyclic amines) is 1. The quantitative estimate of drug-likeness (QED) is 0.917. The number of amides is 1. The van der Waals surface area contributed by atoms with Crippen molar-refractivity contribution in [2.75, 3.05) is 13.1 Å². The molecule has 1 saturated heterocycles. The van der Waals surface area contributed by atoms with E-state index in [-0.39, 0.29) is 23.9 Å². The van der Waals surface area contributed by atoms with Crippen molar-refractivity contribution in [2.45, 2.75) is 38.9 Å². The van der Waals surface area contributed by atoms with Crippen LogP contribution in [0.5, 0.6) is 5.88 Å². The summed E-state index contributed by atoms with van der Waals surface area (Å²) in [7, 11) is 0. The molecule has 22 heavy (non-hydrogen) atoms. The average Bonchev–Trinajstić information content (AvgIpc) is 2.47. The Morgan fingerprint density at radius 2 is 2.05 bits per heavy atom. The van der Waals surface area contributed by atoms with Crippen LogP contribution in [0.2, 0.25) is 0 Å². The van der Waals surface area contributed by atoms with E-state index in [1.807, 2.05) is 13.8 Å². The zero-order valence-electron chi connectivity index (χ0n) is 12.7. The summed E-state index contributed by atoms with van der Waals surface area (Å²) in [5.41, 5.74) is 0.142. The lowest BCUT2D eigenvalue weighted by Gasteiger charge is -2.31. The summed E-state index contributed by atoms with van der Waals surface area (Å²) in [5, 5.41) is 8.94. The predicted octanol–water partition coefficient (Wildman–Crippen LogP) is 2.17. The number of rotatable bonds is 4. The summed E-state index contributed by atoms with van der Waals surface area (Å²) in [6.45, 7) is 4.73. The maximum atomic E-state index is 11.8. The molecule has 2 rings (SSSR count). The van der Waals surface area contributed by atoms with E-state index in [4.69, 9.17) is 14.6 Å². The highest BCUT2D eigenvalue weighted by molar-refractivity contribution is 5.87. The number of carbonyl (C=O) groups excluding carboxylic acids is 1. The maximum absolute atomic E-state index is 11.8. The van der Waals surface area contributed by atoms with Crippen LogP contribution in [0.15, 0.2) is 18.3 Å². The van der Waals surface area contributed by atoms with Gasteiger partial charge in [-0.05, 0) is 19.9 Å². The Labute approximate surface area is 128 Å². The van der Waals surface area contributed by atoms with E-state index in [9.17, 15) is 9.59 Å². The van der Waals surface area contributed by atoms with Crippen LogP contribution < -0.4 is 4.74 Å². The fourth-order valence-corrected chi connectivity index (χ4v) is 2.21. The lowest BCUT2D eigenvalue weighted by atomic mass is 10.1. The summed E-state index contributed by atoms with van der Waals surface area (Å²) in [4.78, 5) is 28.4. The van der Waals surface area contributed by atoms with Crippen molar-refractivity contribution in [3.05, 3.63) is 23.9 Å². The van der Waals surface area contributed by atoms with Gasteiger partial charge < -0.3 is 19.5 Å². The molecule has 1 aromatic heterocycles. The van der Waals surface area contributed by atoms with Crippen molar-refractivity contribution in [1.82, 2.24) is 9.88 Å². The Balaban J connectivity index is 1.86. The molecule has 7 nitrogen and oxygen atoms in total. The highest BCUT2D eigenvalue weighted by Gasteiger charge is 2.25. The second kappa shape index (κ2) is 7.11. The summed E-state index contributed by atoms with van der Waals surface area (Å²) < 4.78 is 10.9. The number of carboxylic acids is 1. The molecule has 2 heterocycles. The zero-order chi connectivity index (χ0) is 16.1. The maximum Gasteiger partial charge on any atom is 0.410 e. The number of hydrogen-bond donors (Lipinski definition) is 1. The van der Waals surface area contributed by atoms with Gasteiger partial charge in [-0.1, -0.05) is 0 Å². The Hall–Kier alpha value is -2.31. The van der Waals surface area contributed by atoms with Crippen molar-refractivity contribution in [2.24, 2.45) is 0 Å². The second-order valence-electron chi connectivity index (χ2n) is 5.42. The molecule has 0 unspecified atom stereocenters. The number of piperidine rings is 1. The van der Waals surface area contributed by atoms with Gasteiger partial charge in [0.1, 0.15) is 6.10 Å². The van der Waals surface area contributed by atoms with E-state index in [0.717, 1.165) is 0 Å². The Bertz CT molecular complexity index is 538. The molecule has 0 aromatic carbocycles. The first-order valence-electron chi connectivity index (χ1n) is 7.27. The zero-order valence-corrected chi connectivity index (χ0v) is 12.7. The Morgan fingerprint density at radius 1 is 1.36 bits per heavy atom. The monoisotopic (exact) mass is 308 g/mol. The number of aromatic carboxylic acids is 1. The number of nitrogens with zero attached hydrogens (tertiary/aromatic N) is 2. The van der Waals surface area contributed by atoms with E-state index in [1.54, 1.807) is 4.90 Å². The molecule has 1 aliphatic rings. The first-order valence-corrected chi connectivity index (χ1v) is 7.27. The predicted molar refractivity (Wildman–Crippen MR) is 78.0 cm³/mol. The van der Waals surface area contributed by atoms with E-state index >= 15 is 0 Å². The molecule has 120 valence electrons. The normalized spacial score (nSPS) is 15.7. The summed E-state index contributed by atoms with van der Waals surface area (Å²) in [6.07, 6.45) is 2.20. The molecule has 7 heteroatoms. The van der Waals surface area contributed by atoms with Crippen LogP contribution in [0.1, 0.15) is 37.0 Å². The molecular weight excluding hydrogens is 288 g/mol. The molecule has 1 amide bonds. The van der Waals surface area contributed by atoms with Crippen molar-refractivity contribution < 1.29 is 24.2 Å². The van der Waals surface area contributed by atoms with E-state index in [1.165, 1.54) is 18.3 Å². The third kappa shape index (κ3) is 4.34. The van der Waals surface area contributed by atoms with Crippen molar-refractivity contribution in [3.63, 3.8) is 0 Å². The molecule has 1 aliphatic heterocycles. The van der Waals surface area contributed by atoms with Gasteiger partial charge in [-0.3, -0.25) is 0 Å². The Morgan fingerprint density at radius 3 is 2.64 bits per heavy atom. The number of carbonyl (C=O) groups is 2. The number of pyridine rings is 1. The minimum atomic E-state index is -1.02. The SMILES string of the molecule is CC(C)OC(=O)N1CCC(Oc2cc(C(=O)O)ccn2)CC1. The largest absolute Gasteiger partial charge is 0.478 e. The van der Waals surface area contributed by atoms with Gasteiger partial charge in [0.05, 0.1) is 11.7 Å². The second-order valence-corrected chi connectivity index (χ2v) is 5.42. The third-order valence-corrected chi connectivity index (χ3v) is 3.31. The first-order chi connectivity index (χ1) is 10.5. The highest BCUT2D eigenvalue weighted by atomic mass is 16.6. The number of aromatic nitrogens is 1. The molecule has 0 atom stereocenters. The topological polar surface area (TPSA) is 89.0 Å². The van der Waals surface area contributed by atoms with E-state index < -0.39 is 5.97 Å². The number of ether oxygens (including phenoxy) is 2. The van der Waals surface area contributed by atoms with Gasteiger partial charge in [0, 0.05) is 38.2 Å². The minimum absolute atomic E-state index is 0.0837. The third-order valence-electron chi connectivity index (χ3n) is 3.31. The van der Waals surface area contributed by atoms with E-state index in [0.29, 0.717) is 31.8 Å². The van der Waals surface area contributed by atoms with Crippen LogP contribution in [-0.4, -0.2) is 52.4 Å². The molecule has 0 aliphatic carbocycles. The van der Waals surface area contributed by atoms with Crippen LogP contribution >= 0.6 is 0 Å². The summed E-state index contributed by atoms with van der Waals surface area (Å²) in [6, 6.07) is 2.82. The average molecular weight is 308 g/mol.